The first-order valence-electron chi connectivity index (χ1n) is 8.00. The molecule has 4 nitrogen and oxygen atoms in total. The fraction of sp³-hybridized carbons (Fsp3) is 0.200. The van der Waals surface area contributed by atoms with Crippen molar-refractivity contribution in [3.8, 4) is 0 Å². The maximum Gasteiger partial charge on any atom is 0.283 e. The number of rotatable bonds is 3. The molecule has 3 rings (SSSR count). The van der Waals surface area contributed by atoms with Gasteiger partial charge in [-0.05, 0) is 62.1 Å². The maximum absolute atomic E-state index is 12.9. The van der Waals surface area contributed by atoms with Crippen LogP contribution in [-0.4, -0.2) is 11.8 Å². The number of imide groups is 1. The van der Waals surface area contributed by atoms with E-state index in [1.165, 1.54) is 0 Å². The summed E-state index contributed by atoms with van der Waals surface area (Å²) < 4.78 is 0. The lowest BCUT2D eigenvalue weighted by atomic mass is 10.1. The van der Waals surface area contributed by atoms with Crippen LogP contribution in [0.5, 0.6) is 0 Å². The number of anilines is 2. The Balaban J connectivity index is 2.00. The van der Waals surface area contributed by atoms with Crippen LogP contribution >= 0.6 is 11.6 Å². The molecule has 2 amide bonds. The Morgan fingerprint density at radius 3 is 2.36 bits per heavy atom. The van der Waals surface area contributed by atoms with Crippen LogP contribution in [-0.2, 0) is 9.59 Å². The number of aryl methyl sites for hydroxylation is 3. The first-order valence-corrected chi connectivity index (χ1v) is 8.38. The van der Waals surface area contributed by atoms with Crippen LogP contribution in [0.1, 0.15) is 22.3 Å². The lowest BCUT2D eigenvalue weighted by molar-refractivity contribution is -0.120. The van der Waals surface area contributed by atoms with Gasteiger partial charge in [0.1, 0.15) is 10.7 Å². The fourth-order valence-electron chi connectivity index (χ4n) is 2.81. The molecular formula is C20H19ClN2O2. The van der Waals surface area contributed by atoms with Crippen molar-refractivity contribution in [3.63, 3.8) is 0 Å². The Morgan fingerprint density at radius 1 is 0.920 bits per heavy atom. The van der Waals surface area contributed by atoms with E-state index >= 15 is 0 Å². The van der Waals surface area contributed by atoms with E-state index < -0.39 is 11.8 Å². The summed E-state index contributed by atoms with van der Waals surface area (Å²) in [6.07, 6.45) is 0. The second-order valence-electron chi connectivity index (χ2n) is 6.30. The molecule has 0 atom stereocenters. The first kappa shape index (κ1) is 17.2. The van der Waals surface area contributed by atoms with Crippen molar-refractivity contribution in [2.75, 3.05) is 10.2 Å². The molecule has 128 valence electrons. The lowest BCUT2D eigenvalue weighted by Crippen LogP contribution is -2.33. The number of carbonyl (C=O) groups excluding carboxylic acids is 2. The monoisotopic (exact) mass is 354 g/mol. The molecule has 25 heavy (non-hydrogen) atoms. The Bertz CT molecular complexity index is 931. The van der Waals surface area contributed by atoms with Crippen molar-refractivity contribution in [1.29, 1.82) is 0 Å². The van der Waals surface area contributed by atoms with Gasteiger partial charge in [0.05, 0.1) is 5.69 Å². The van der Waals surface area contributed by atoms with Crippen LogP contribution in [0.4, 0.5) is 11.4 Å². The number of hydrogen-bond acceptors (Lipinski definition) is 3. The summed E-state index contributed by atoms with van der Waals surface area (Å²) in [6, 6.07) is 11.4. The van der Waals surface area contributed by atoms with Gasteiger partial charge >= 0.3 is 0 Å². The molecule has 1 aliphatic heterocycles. The standard InChI is InChI=1S/C20H19ClN2O2/c1-11-8-9-13(3)15(10-11)22-18-17(21)19(24)23(20(18)25)16-7-5-6-12(2)14(16)4/h5-10,22H,1-4H3. The van der Waals surface area contributed by atoms with Crippen molar-refractivity contribution >= 4 is 34.8 Å². The van der Waals surface area contributed by atoms with Gasteiger partial charge in [0.25, 0.3) is 11.8 Å². The molecule has 5 heteroatoms. The number of nitrogens with zero attached hydrogens (tertiary/aromatic N) is 1. The van der Waals surface area contributed by atoms with Gasteiger partial charge in [-0.3, -0.25) is 9.59 Å². The molecule has 0 radical (unpaired) electrons. The molecule has 0 unspecified atom stereocenters. The highest BCUT2D eigenvalue weighted by molar-refractivity contribution is 6.53. The Kier molecular flexibility index (Phi) is 4.39. The highest BCUT2D eigenvalue weighted by Gasteiger charge is 2.39. The normalized spacial score (nSPS) is 14.5. The average Bonchev–Trinajstić information content (AvgIpc) is 2.77. The molecule has 0 aliphatic carbocycles. The molecule has 0 saturated carbocycles. The third kappa shape index (κ3) is 2.94. The second-order valence-corrected chi connectivity index (χ2v) is 6.68. The van der Waals surface area contributed by atoms with Crippen LogP contribution in [0.3, 0.4) is 0 Å². The predicted molar refractivity (Wildman–Crippen MR) is 101 cm³/mol. The van der Waals surface area contributed by atoms with E-state index in [0.717, 1.165) is 32.8 Å². The minimum Gasteiger partial charge on any atom is -0.349 e. The summed E-state index contributed by atoms with van der Waals surface area (Å²) in [5.74, 6) is -0.947. The van der Waals surface area contributed by atoms with E-state index in [1.54, 1.807) is 6.07 Å². The predicted octanol–water partition coefficient (Wildman–Crippen LogP) is 4.36. The van der Waals surface area contributed by atoms with Crippen LogP contribution in [0, 0.1) is 27.7 Å². The van der Waals surface area contributed by atoms with E-state index in [9.17, 15) is 9.59 Å². The molecule has 2 aromatic carbocycles. The summed E-state index contributed by atoms with van der Waals surface area (Å²) >= 11 is 6.21. The Hall–Kier alpha value is -2.59. The van der Waals surface area contributed by atoms with Gasteiger partial charge in [0.2, 0.25) is 0 Å². The van der Waals surface area contributed by atoms with E-state index in [2.05, 4.69) is 5.32 Å². The van der Waals surface area contributed by atoms with E-state index in [-0.39, 0.29) is 10.7 Å². The molecule has 2 aromatic rings. The largest absolute Gasteiger partial charge is 0.349 e. The SMILES string of the molecule is Cc1ccc(C)c(NC2=C(Cl)C(=O)N(c3cccc(C)c3C)C2=O)c1. The summed E-state index contributed by atoms with van der Waals surface area (Å²) in [6.45, 7) is 7.72. The van der Waals surface area contributed by atoms with Gasteiger partial charge in [0.15, 0.2) is 0 Å². The zero-order valence-electron chi connectivity index (χ0n) is 14.6. The zero-order chi connectivity index (χ0) is 18.3. The molecule has 0 saturated heterocycles. The number of nitrogens with one attached hydrogen (secondary N) is 1. The van der Waals surface area contributed by atoms with Gasteiger partial charge in [-0.2, -0.15) is 0 Å². The Morgan fingerprint density at radius 2 is 1.64 bits per heavy atom. The molecule has 1 aliphatic rings. The van der Waals surface area contributed by atoms with Crippen molar-refractivity contribution in [1.82, 2.24) is 0 Å². The van der Waals surface area contributed by atoms with Gasteiger partial charge < -0.3 is 5.32 Å². The molecule has 0 fully saturated rings. The van der Waals surface area contributed by atoms with Crippen LogP contribution in [0.15, 0.2) is 47.1 Å². The van der Waals surface area contributed by atoms with Gasteiger partial charge in [-0.25, -0.2) is 4.90 Å². The number of hydrogen-bond donors (Lipinski definition) is 1. The summed E-state index contributed by atoms with van der Waals surface area (Å²) in [4.78, 5) is 26.6. The van der Waals surface area contributed by atoms with Crippen LogP contribution in [0.25, 0.3) is 0 Å². The van der Waals surface area contributed by atoms with Gasteiger partial charge in [-0.15, -0.1) is 0 Å². The van der Waals surface area contributed by atoms with Crippen molar-refractivity contribution in [2.24, 2.45) is 0 Å². The molecule has 1 heterocycles. The number of amides is 2. The quantitative estimate of drug-likeness (QED) is 0.833. The molecule has 0 spiro atoms. The third-order valence-corrected chi connectivity index (χ3v) is 4.85. The summed E-state index contributed by atoms with van der Waals surface area (Å²) in [7, 11) is 0. The first-order chi connectivity index (χ1) is 11.8. The number of carbonyl (C=O) groups is 2. The topological polar surface area (TPSA) is 49.4 Å². The molecule has 1 N–H and O–H groups in total. The number of benzene rings is 2. The lowest BCUT2D eigenvalue weighted by Gasteiger charge is -2.19. The van der Waals surface area contributed by atoms with Crippen molar-refractivity contribution in [2.45, 2.75) is 27.7 Å². The van der Waals surface area contributed by atoms with Crippen LogP contribution < -0.4 is 10.2 Å². The highest BCUT2D eigenvalue weighted by atomic mass is 35.5. The summed E-state index contributed by atoms with van der Waals surface area (Å²) in [5, 5.41) is 2.96. The minimum absolute atomic E-state index is 0.0909. The molecule has 0 aromatic heterocycles. The van der Waals surface area contributed by atoms with Gasteiger partial charge in [-0.1, -0.05) is 35.9 Å². The van der Waals surface area contributed by atoms with Gasteiger partial charge in [0, 0.05) is 5.69 Å². The fourth-order valence-corrected chi connectivity index (χ4v) is 3.03. The Labute approximate surface area is 152 Å². The van der Waals surface area contributed by atoms with E-state index in [4.69, 9.17) is 11.6 Å². The van der Waals surface area contributed by atoms with Crippen molar-refractivity contribution in [3.05, 3.63) is 69.4 Å². The third-order valence-electron chi connectivity index (χ3n) is 4.50. The second kappa shape index (κ2) is 6.37. The van der Waals surface area contributed by atoms with Crippen LogP contribution in [0.2, 0.25) is 0 Å². The summed E-state index contributed by atoms with van der Waals surface area (Å²) in [5.41, 5.74) is 5.33. The maximum atomic E-state index is 12.9. The highest BCUT2D eigenvalue weighted by Crippen LogP contribution is 2.33. The average molecular weight is 355 g/mol. The molecule has 0 bridgehead atoms. The number of halogens is 1. The zero-order valence-corrected chi connectivity index (χ0v) is 15.4. The molecular weight excluding hydrogens is 336 g/mol. The van der Waals surface area contributed by atoms with E-state index in [1.807, 2.05) is 58.0 Å². The van der Waals surface area contributed by atoms with Crippen molar-refractivity contribution < 1.29 is 9.59 Å². The smallest absolute Gasteiger partial charge is 0.283 e. The van der Waals surface area contributed by atoms with E-state index in [0.29, 0.717) is 5.69 Å². The minimum atomic E-state index is -0.506.